The Balaban J connectivity index is 1.10. The molecular formula is C52H31N5. The van der Waals surface area contributed by atoms with E-state index >= 15 is 0 Å². The van der Waals surface area contributed by atoms with Crippen LogP contribution in [0.2, 0.25) is 0 Å². The van der Waals surface area contributed by atoms with E-state index in [9.17, 15) is 0 Å². The fourth-order valence-corrected chi connectivity index (χ4v) is 8.98. The van der Waals surface area contributed by atoms with Gasteiger partial charge in [0.1, 0.15) is 11.5 Å². The van der Waals surface area contributed by atoms with E-state index in [2.05, 4.69) is 187 Å². The molecule has 0 saturated carbocycles. The van der Waals surface area contributed by atoms with Crippen LogP contribution in [0.25, 0.3) is 115 Å². The lowest BCUT2D eigenvalue weighted by Crippen LogP contribution is -2.06. The fourth-order valence-electron chi connectivity index (χ4n) is 8.98. The molecule has 10 aromatic carbocycles. The maximum absolute atomic E-state index is 5.46. The summed E-state index contributed by atoms with van der Waals surface area (Å²) in [5, 5.41) is 23.8. The van der Waals surface area contributed by atoms with Crippen LogP contribution in [0.15, 0.2) is 188 Å². The molecule has 57 heavy (non-hydrogen) atoms. The van der Waals surface area contributed by atoms with Crippen molar-refractivity contribution in [3.8, 4) is 39.7 Å². The minimum absolute atomic E-state index is 0.463. The van der Waals surface area contributed by atoms with Gasteiger partial charge in [0.05, 0.1) is 17.2 Å². The minimum atomic E-state index is 0.463. The summed E-state index contributed by atoms with van der Waals surface area (Å²) in [6.45, 7) is 0. The molecule has 0 amide bonds. The Hall–Kier alpha value is -7.76. The molecule has 0 aliphatic heterocycles. The van der Waals surface area contributed by atoms with Gasteiger partial charge in [-0.25, -0.2) is 9.97 Å². The van der Waals surface area contributed by atoms with Gasteiger partial charge >= 0.3 is 0 Å². The molecule has 5 heteroatoms. The predicted octanol–water partition coefficient (Wildman–Crippen LogP) is 13.1. The number of fused-ring (bicyclic) bond motifs is 10. The number of benzene rings is 10. The summed E-state index contributed by atoms with van der Waals surface area (Å²) in [4.78, 5) is 10.6. The summed E-state index contributed by atoms with van der Waals surface area (Å²) in [6.07, 6.45) is 1.87. The average molecular weight is 726 g/mol. The van der Waals surface area contributed by atoms with Crippen LogP contribution in [-0.4, -0.2) is 24.7 Å². The average Bonchev–Trinajstić information content (AvgIpc) is 3.69. The molecule has 0 unspecified atom stereocenters. The van der Waals surface area contributed by atoms with Crippen molar-refractivity contribution < 1.29 is 0 Å². The Kier molecular flexibility index (Phi) is 6.86. The molecule has 0 spiro atoms. The minimum Gasteiger partial charge on any atom is -0.258 e. The molecular weight excluding hydrogens is 695 g/mol. The highest BCUT2D eigenvalue weighted by Gasteiger charge is 2.23. The van der Waals surface area contributed by atoms with E-state index in [1.807, 2.05) is 6.20 Å². The van der Waals surface area contributed by atoms with Crippen molar-refractivity contribution in [3.05, 3.63) is 188 Å². The third-order valence-corrected chi connectivity index (χ3v) is 11.5. The first kappa shape index (κ1) is 31.6. The van der Waals surface area contributed by atoms with Crippen LogP contribution in [-0.2, 0) is 0 Å². The van der Waals surface area contributed by atoms with Crippen molar-refractivity contribution in [2.75, 3.05) is 0 Å². The molecule has 12 rings (SSSR count). The van der Waals surface area contributed by atoms with Crippen LogP contribution < -0.4 is 0 Å². The summed E-state index contributed by atoms with van der Waals surface area (Å²) in [7, 11) is 0. The second-order valence-electron chi connectivity index (χ2n) is 14.7. The number of imidazole rings is 1. The van der Waals surface area contributed by atoms with E-state index in [1.165, 1.54) is 27.1 Å². The Morgan fingerprint density at radius 3 is 1.33 bits per heavy atom. The fraction of sp³-hybridized carbons (Fsp3) is 0. The molecule has 0 saturated heterocycles. The van der Waals surface area contributed by atoms with E-state index < -0.39 is 0 Å². The van der Waals surface area contributed by atoms with E-state index in [0.717, 1.165) is 82.3 Å². The highest BCUT2D eigenvalue weighted by molar-refractivity contribution is 6.24. The maximum Gasteiger partial charge on any atom is 0.255 e. The number of rotatable bonds is 4. The standard InChI is InChI=1S/C52H31N5/c1-5-17-38-34(13-1)29-35-14-2-6-18-39(35)47(38)32-25-27-33(28-26-32)51-54-49-44-23-11-9-21-42(44)43-22-10-12-24-45(43)50(49)57(51)52-53-31-46(55-56-52)48-40-19-7-3-15-36(40)30-37-16-4-8-20-41(37)48/h1-31H. The van der Waals surface area contributed by atoms with E-state index in [1.54, 1.807) is 0 Å². The first-order valence-electron chi connectivity index (χ1n) is 19.2. The van der Waals surface area contributed by atoms with E-state index in [4.69, 9.17) is 20.2 Å². The first-order valence-corrected chi connectivity index (χ1v) is 19.2. The van der Waals surface area contributed by atoms with Crippen molar-refractivity contribution in [2.24, 2.45) is 0 Å². The maximum atomic E-state index is 5.46. The molecule has 0 aliphatic carbocycles. The molecule has 5 nitrogen and oxygen atoms in total. The number of nitrogens with zero attached hydrogens (tertiary/aromatic N) is 5. The Bertz CT molecular complexity index is 3460. The highest BCUT2D eigenvalue weighted by Crippen LogP contribution is 2.41. The highest BCUT2D eigenvalue weighted by atomic mass is 15.3. The third-order valence-electron chi connectivity index (χ3n) is 11.5. The summed E-state index contributed by atoms with van der Waals surface area (Å²) >= 11 is 0. The SMILES string of the molecule is c1ccc2c(-c3ccc(-c4nc5c6ccccc6c6ccccc6c5n4-c4ncc(-c5c6ccccc6cc6ccccc56)nn4)cc3)c3ccccc3cc2c1. The lowest BCUT2D eigenvalue weighted by molar-refractivity contribution is 0.878. The van der Waals surface area contributed by atoms with Gasteiger partial charge in [-0.1, -0.05) is 170 Å². The van der Waals surface area contributed by atoms with Gasteiger partial charge in [0.15, 0.2) is 0 Å². The monoisotopic (exact) mass is 725 g/mol. The van der Waals surface area contributed by atoms with Crippen molar-refractivity contribution in [1.82, 2.24) is 24.7 Å². The number of hydrogen-bond donors (Lipinski definition) is 0. The predicted molar refractivity (Wildman–Crippen MR) is 236 cm³/mol. The third kappa shape index (κ3) is 4.82. The number of hydrogen-bond acceptors (Lipinski definition) is 4. The molecule has 0 atom stereocenters. The zero-order valence-electron chi connectivity index (χ0n) is 30.6. The zero-order chi connectivity index (χ0) is 37.5. The van der Waals surface area contributed by atoms with Gasteiger partial charge in [0.25, 0.3) is 5.95 Å². The second-order valence-corrected chi connectivity index (χ2v) is 14.7. The quantitative estimate of drug-likeness (QED) is 0.134. The molecule has 2 heterocycles. The van der Waals surface area contributed by atoms with E-state index in [0.29, 0.717) is 5.95 Å². The van der Waals surface area contributed by atoms with Crippen molar-refractivity contribution in [3.63, 3.8) is 0 Å². The Morgan fingerprint density at radius 1 is 0.368 bits per heavy atom. The lowest BCUT2D eigenvalue weighted by Gasteiger charge is -2.14. The van der Waals surface area contributed by atoms with Crippen LogP contribution in [0, 0.1) is 0 Å². The Morgan fingerprint density at radius 2 is 0.807 bits per heavy atom. The van der Waals surface area contributed by atoms with Crippen molar-refractivity contribution in [2.45, 2.75) is 0 Å². The lowest BCUT2D eigenvalue weighted by atomic mass is 9.92. The van der Waals surface area contributed by atoms with Gasteiger partial charge in [0, 0.05) is 21.9 Å². The molecule has 2 aromatic heterocycles. The van der Waals surface area contributed by atoms with Crippen LogP contribution in [0.4, 0.5) is 0 Å². The van der Waals surface area contributed by atoms with Crippen LogP contribution in [0.3, 0.4) is 0 Å². The molecule has 0 radical (unpaired) electrons. The molecule has 12 aromatic rings. The van der Waals surface area contributed by atoms with Gasteiger partial charge in [-0.15, -0.1) is 10.2 Å². The van der Waals surface area contributed by atoms with Crippen LogP contribution >= 0.6 is 0 Å². The molecule has 264 valence electrons. The summed E-state index contributed by atoms with van der Waals surface area (Å²) in [5.41, 5.74) is 6.93. The summed E-state index contributed by atoms with van der Waals surface area (Å²) in [6, 6.07) is 64.5. The molecule has 0 aliphatic rings. The van der Waals surface area contributed by atoms with Gasteiger partial charge in [-0.3, -0.25) is 4.57 Å². The van der Waals surface area contributed by atoms with Crippen molar-refractivity contribution in [1.29, 1.82) is 0 Å². The normalized spacial score (nSPS) is 11.9. The number of aromatic nitrogens is 5. The first-order chi connectivity index (χ1) is 28.3. The van der Waals surface area contributed by atoms with Gasteiger partial charge < -0.3 is 0 Å². The smallest absolute Gasteiger partial charge is 0.255 e. The van der Waals surface area contributed by atoms with E-state index in [-0.39, 0.29) is 0 Å². The van der Waals surface area contributed by atoms with Gasteiger partial charge in [0.2, 0.25) is 0 Å². The van der Waals surface area contributed by atoms with Crippen LogP contribution in [0.1, 0.15) is 0 Å². The Labute approximate surface area is 327 Å². The van der Waals surface area contributed by atoms with Crippen LogP contribution in [0.5, 0.6) is 0 Å². The summed E-state index contributed by atoms with van der Waals surface area (Å²) < 4.78 is 2.10. The van der Waals surface area contributed by atoms with Gasteiger partial charge in [-0.2, -0.15) is 0 Å². The van der Waals surface area contributed by atoms with Crippen molar-refractivity contribution >= 4 is 75.7 Å². The summed E-state index contributed by atoms with van der Waals surface area (Å²) in [5.74, 6) is 1.22. The topological polar surface area (TPSA) is 56.5 Å². The zero-order valence-corrected chi connectivity index (χ0v) is 30.6. The second kappa shape index (κ2) is 12.4. The molecule has 0 N–H and O–H groups in total. The largest absolute Gasteiger partial charge is 0.258 e. The molecule has 0 fully saturated rings. The molecule has 0 bridgehead atoms. The van der Waals surface area contributed by atoms with Gasteiger partial charge in [-0.05, 0) is 77.1 Å².